The minimum absolute atomic E-state index is 0.221. The van der Waals surface area contributed by atoms with Gasteiger partial charge < -0.3 is 9.52 Å². The summed E-state index contributed by atoms with van der Waals surface area (Å²) in [6.45, 7) is 1.48. The van der Waals surface area contributed by atoms with Gasteiger partial charge in [-0.1, -0.05) is 35.6 Å². The van der Waals surface area contributed by atoms with Crippen LogP contribution >= 0.6 is 35.6 Å². The van der Waals surface area contributed by atoms with E-state index in [2.05, 4.69) is 0 Å². The van der Waals surface area contributed by atoms with Gasteiger partial charge in [0.25, 0.3) is 5.91 Å². The Labute approximate surface area is 158 Å². The summed E-state index contributed by atoms with van der Waals surface area (Å²) in [7, 11) is 0. The van der Waals surface area contributed by atoms with Gasteiger partial charge in [-0.2, -0.15) is 0 Å². The van der Waals surface area contributed by atoms with Gasteiger partial charge in [-0.25, -0.2) is 0 Å². The zero-order valence-electron chi connectivity index (χ0n) is 13.0. The molecule has 128 valence electrons. The lowest BCUT2D eigenvalue weighted by atomic mass is 10.1. The molecule has 8 heteroatoms. The molecule has 25 heavy (non-hydrogen) atoms. The zero-order valence-corrected chi connectivity index (χ0v) is 15.4. The van der Waals surface area contributed by atoms with Crippen LogP contribution in [-0.4, -0.2) is 32.7 Å². The second kappa shape index (κ2) is 7.03. The third-order valence-electron chi connectivity index (χ3n) is 3.52. The van der Waals surface area contributed by atoms with Gasteiger partial charge in [0.2, 0.25) is 0 Å². The molecule has 2 heterocycles. The van der Waals surface area contributed by atoms with E-state index in [1.165, 1.54) is 0 Å². The van der Waals surface area contributed by atoms with Crippen LogP contribution in [0.3, 0.4) is 0 Å². The molecule has 1 saturated heterocycles. The highest BCUT2D eigenvalue weighted by Crippen LogP contribution is 2.34. The fourth-order valence-corrected chi connectivity index (χ4v) is 3.84. The number of benzene rings is 1. The number of halogens is 1. The van der Waals surface area contributed by atoms with Crippen LogP contribution in [0.25, 0.3) is 17.4 Å². The Bertz CT molecular complexity index is 919. The second-order valence-corrected chi connectivity index (χ2v) is 7.44. The van der Waals surface area contributed by atoms with Gasteiger partial charge in [-0.15, -0.1) is 0 Å². The minimum atomic E-state index is -1.11. The van der Waals surface area contributed by atoms with Crippen molar-refractivity contribution in [1.82, 2.24) is 4.90 Å². The number of carboxylic acid groups (broad SMARTS) is 1. The van der Waals surface area contributed by atoms with E-state index < -0.39 is 18.4 Å². The van der Waals surface area contributed by atoms with Gasteiger partial charge in [-0.3, -0.25) is 14.5 Å². The van der Waals surface area contributed by atoms with Gasteiger partial charge >= 0.3 is 5.97 Å². The average Bonchev–Trinajstić information content (AvgIpc) is 3.08. The molecule has 0 bridgehead atoms. The average molecular weight is 394 g/mol. The Balaban J connectivity index is 1.86. The molecule has 0 radical (unpaired) electrons. The summed E-state index contributed by atoms with van der Waals surface area (Å²) in [5, 5.41) is 9.50. The van der Waals surface area contributed by atoms with E-state index in [1.807, 2.05) is 19.1 Å². The van der Waals surface area contributed by atoms with E-state index in [0.717, 1.165) is 27.8 Å². The monoisotopic (exact) mass is 393 g/mol. The number of rotatable bonds is 4. The number of thiocarbonyl (C=S) groups is 1. The molecular formula is C17H12ClNO4S2. The molecule has 3 rings (SSSR count). The van der Waals surface area contributed by atoms with Gasteiger partial charge in [-0.05, 0) is 42.8 Å². The van der Waals surface area contributed by atoms with Gasteiger partial charge in [0.1, 0.15) is 22.4 Å². The van der Waals surface area contributed by atoms with Crippen LogP contribution in [0.1, 0.15) is 11.3 Å². The SMILES string of the molecule is Cc1cc(Cl)ccc1-c1ccc(/C=C2/SC(=S)N(CC(=O)O)C2=O)o1. The number of nitrogens with zero attached hydrogens (tertiary/aromatic N) is 1. The first kappa shape index (κ1) is 17.7. The summed E-state index contributed by atoms with van der Waals surface area (Å²) in [6, 6.07) is 9.04. The lowest BCUT2D eigenvalue weighted by Crippen LogP contribution is -2.33. The van der Waals surface area contributed by atoms with Crippen molar-refractivity contribution in [3.05, 3.63) is 51.6 Å². The largest absolute Gasteiger partial charge is 0.480 e. The molecular weight excluding hydrogens is 382 g/mol. The summed E-state index contributed by atoms with van der Waals surface area (Å²) in [5.74, 6) is -0.407. The van der Waals surface area contributed by atoms with Gasteiger partial charge in [0.05, 0.1) is 4.91 Å². The first-order valence-corrected chi connectivity index (χ1v) is 8.79. The zero-order chi connectivity index (χ0) is 18.1. The summed E-state index contributed by atoms with van der Waals surface area (Å²) in [6.07, 6.45) is 1.57. The Hall–Kier alpha value is -2.09. The number of carbonyl (C=O) groups excluding carboxylic acids is 1. The molecule has 1 aliphatic heterocycles. The topological polar surface area (TPSA) is 70.8 Å². The van der Waals surface area contributed by atoms with Crippen molar-refractivity contribution in [3.63, 3.8) is 0 Å². The number of hydrogen-bond donors (Lipinski definition) is 1. The molecule has 0 unspecified atom stereocenters. The molecule has 1 fully saturated rings. The number of carboxylic acids is 1. The minimum Gasteiger partial charge on any atom is -0.480 e. The van der Waals surface area contributed by atoms with Crippen molar-refractivity contribution in [2.24, 2.45) is 0 Å². The van der Waals surface area contributed by atoms with Crippen LogP contribution in [0, 0.1) is 6.92 Å². The van der Waals surface area contributed by atoms with Crippen LogP contribution in [-0.2, 0) is 9.59 Å². The predicted octanol–water partition coefficient (Wildman–Crippen LogP) is 4.19. The van der Waals surface area contributed by atoms with Crippen molar-refractivity contribution < 1.29 is 19.1 Å². The number of thioether (sulfide) groups is 1. The van der Waals surface area contributed by atoms with Crippen molar-refractivity contribution in [1.29, 1.82) is 0 Å². The summed E-state index contributed by atoms with van der Waals surface area (Å²) < 4.78 is 6.01. The summed E-state index contributed by atoms with van der Waals surface area (Å²) in [5.41, 5.74) is 1.88. The van der Waals surface area contributed by atoms with E-state index >= 15 is 0 Å². The Morgan fingerprint density at radius 3 is 2.84 bits per heavy atom. The van der Waals surface area contributed by atoms with Crippen LogP contribution in [0.4, 0.5) is 0 Å². The molecule has 0 aliphatic carbocycles. The maximum Gasteiger partial charge on any atom is 0.323 e. The molecule has 1 aliphatic rings. The third-order valence-corrected chi connectivity index (χ3v) is 5.13. The number of aliphatic carboxylic acids is 1. The number of amides is 1. The van der Waals surface area contributed by atoms with Crippen molar-refractivity contribution in [2.75, 3.05) is 6.54 Å². The lowest BCUT2D eigenvalue weighted by Gasteiger charge is -2.09. The first-order chi connectivity index (χ1) is 11.8. The van der Waals surface area contributed by atoms with E-state index in [9.17, 15) is 9.59 Å². The molecule has 0 spiro atoms. The third kappa shape index (κ3) is 3.78. The number of carbonyl (C=O) groups is 2. The first-order valence-electron chi connectivity index (χ1n) is 7.18. The highest BCUT2D eigenvalue weighted by Gasteiger charge is 2.33. The molecule has 1 N–H and O–H groups in total. The predicted molar refractivity (Wildman–Crippen MR) is 101 cm³/mol. The van der Waals surface area contributed by atoms with Crippen molar-refractivity contribution in [3.8, 4) is 11.3 Å². The normalized spacial score (nSPS) is 16.1. The molecule has 0 atom stereocenters. The quantitative estimate of drug-likeness (QED) is 0.620. The number of hydrogen-bond acceptors (Lipinski definition) is 5. The molecule has 2 aromatic rings. The maximum absolute atomic E-state index is 12.3. The Kier molecular flexibility index (Phi) is 4.99. The number of furan rings is 1. The summed E-state index contributed by atoms with van der Waals surface area (Å²) in [4.78, 5) is 24.5. The van der Waals surface area contributed by atoms with E-state index in [-0.39, 0.29) is 4.32 Å². The fourth-order valence-electron chi connectivity index (χ4n) is 2.38. The standard InChI is InChI=1S/C17H12ClNO4S2/c1-9-6-10(18)2-4-12(9)13-5-3-11(23-13)7-14-16(22)19(8-15(20)21)17(24)25-14/h2-7H,8H2,1H3,(H,20,21)/b14-7+. The number of aryl methyl sites for hydroxylation is 1. The van der Waals surface area contributed by atoms with Crippen LogP contribution in [0.15, 0.2) is 39.7 Å². The van der Waals surface area contributed by atoms with Crippen LogP contribution in [0.5, 0.6) is 0 Å². The lowest BCUT2D eigenvalue weighted by molar-refractivity contribution is -0.140. The van der Waals surface area contributed by atoms with E-state index in [0.29, 0.717) is 21.4 Å². The van der Waals surface area contributed by atoms with Crippen LogP contribution in [0.2, 0.25) is 5.02 Å². The van der Waals surface area contributed by atoms with Gasteiger partial charge in [0, 0.05) is 16.7 Å². The molecule has 0 saturated carbocycles. The maximum atomic E-state index is 12.3. The van der Waals surface area contributed by atoms with Gasteiger partial charge in [0.15, 0.2) is 0 Å². The molecule has 1 aromatic heterocycles. The van der Waals surface area contributed by atoms with Crippen molar-refractivity contribution >= 4 is 57.9 Å². The smallest absolute Gasteiger partial charge is 0.323 e. The van der Waals surface area contributed by atoms with Crippen molar-refractivity contribution in [2.45, 2.75) is 6.92 Å². The Morgan fingerprint density at radius 2 is 2.16 bits per heavy atom. The highest BCUT2D eigenvalue weighted by molar-refractivity contribution is 8.26. The summed E-state index contributed by atoms with van der Waals surface area (Å²) >= 11 is 12.1. The fraction of sp³-hybridized carbons (Fsp3) is 0.118. The van der Waals surface area contributed by atoms with E-state index in [4.69, 9.17) is 33.3 Å². The van der Waals surface area contributed by atoms with Crippen LogP contribution < -0.4 is 0 Å². The Morgan fingerprint density at radius 1 is 1.40 bits per heavy atom. The molecule has 5 nitrogen and oxygen atoms in total. The van der Waals surface area contributed by atoms with E-state index in [1.54, 1.807) is 24.3 Å². The molecule has 1 aromatic carbocycles. The second-order valence-electron chi connectivity index (χ2n) is 5.32. The highest BCUT2D eigenvalue weighted by atomic mass is 35.5. The molecule has 1 amide bonds.